The van der Waals surface area contributed by atoms with Crippen LogP contribution in [0.1, 0.15) is 26.2 Å². The monoisotopic (exact) mass is 399 g/mol. The van der Waals surface area contributed by atoms with Crippen LogP contribution in [0.4, 0.5) is 10.1 Å². The third-order valence-electron chi connectivity index (χ3n) is 3.76. The van der Waals surface area contributed by atoms with E-state index in [4.69, 9.17) is 17.3 Å². The molecule has 24 heavy (non-hydrogen) atoms. The Labute approximate surface area is 152 Å². The maximum atomic E-state index is 14.3. The van der Waals surface area contributed by atoms with Crippen LogP contribution in [0, 0.1) is 5.82 Å². The fourth-order valence-corrected chi connectivity index (χ4v) is 4.72. The lowest BCUT2D eigenvalue weighted by Gasteiger charge is -2.34. The number of nitrogens with two attached hydrogens (primary N) is 1. The van der Waals surface area contributed by atoms with Crippen LogP contribution in [0.5, 0.6) is 0 Å². The summed E-state index contributed by atoms with van der Waals surface area (Å²) in [5.41, 5.74) is 5.67. The topological polar surface area (TPSA) is 92.5 Å². The highest BCUT2D eigenvalue weighted by Crippen LogP contribution is 2.32. The third-order valence-corrected chi connectivity index (χ3v) is 6.04. The van der Waals surface area contributed by atoms with Crippen LogP contribution in [0.2, 0.25) is 5.02 Å². The number of piperidine rings is 1. The predicted molar refractivity (Wildman–Crippen MR) is 93.5 cm³/mol. The molecule has 10 heteroatoms. The molecule has 0 saturated carbocycles. The summed E-state index contributed by atoms with van der Waals surface area (Å²) in [4.78, 5) is 10.6. The quantitative estimate of drug-likeness (QED) is 0.812. The van der Waals surface area contributed by atoms with Gasteiger partial charge in [0.25, 0.3) is 0 Å². The minimum Gasteiger partial charge on any atom is -0.329 e. The summed E-state index contributed by atoms with van der Waals surface area (Å²) in [6.07, 6.45) is 2.24. The van der Waals surface area contributed by atoms with Gasteiger partial charge in [-0.2, -0.15) is 4.31 Å². The number of sulfonamides is 1. The maximum absolute atomic E-state index is 14.3. The first-order valence-corrected chi connectivity index (χ1v) is 9.07. The first kappa shape index (κ1) is 21.1. The van der Waals surface area contributed by atoms with Gasteiger partial charge in [0.05, 0.1) is 10.7 Å². The molecule has 2 rings (SSSR count). The molecule has 1 atom stereocenters. The number of hydrogen-bond donors (Lipinski definition) is 2. The van der Waals surface area contributed by atoms with Crippen LogP contribution in [-0.4, -0.2) is 37.8 Å². The minimum absolute atomic E-state index is 0. The summed E-state index contributed by atoms with van der Waals surface area (Å²) >= 11 is 5.97. The van der Waals surface area contributed by atoms with Crippen molar-refractivity contribution >= 4 is 45.6 Å². The lowest BCUT2D eigenvalue weighted by atomic mass is 10.1. The van der Waals surface area contributed by atoms with Crippen LogP contribution < -0.4 is 11.1 Å². The second kappa shape index (κ2) is 8.44. The van der Waals surface area contributed by atoms with Gasteiger partial charge in [0.2, 0.25) is 15.9 Å². The highest BCUT2D eigenvalue weighted by molar-refractivity contribution is 7.89. The predicted octanol–water partition coefficient (Wildman–Crippen LogP) is 2.36. The molecule has 0 radical (unpaired) electrons. The van der Waals surface area contributed by atoms with Crippen molar-refractivity contribution in [3.63, 3.8) is 0 Å². The summed E-state index contributed by atoms with van der Waals surface area (Å²) in [6.45, 7) is 1.73. The lowest BCUT2D eigenvalue weighted by Crippen LogP contribution is -2.47. The first-order valence-electron chi connectivity index (χ1n) is 7.26. The van der Waals surface area contributed by atoms with Crippen molar-refractivity contribution in [2.24, 2.45) is 5.73 Å². The number of amides is 1. The molecule has 3 N–H and O–H groups in total. The number of nitrogens with one attached hydrogen (secondary N) is 1. The lowest BCUT2D eigenvalue weighted by molar-refractivity contribution is -0.114. The number of nitrogens with zero attached hydrogens (tertiary/aromatic N) is 1. The fraction of sp³-hybridized carbons (Fsp3) is 0.500. The zero-order valence-corrected chi connectivity index (χ0v) is 15.5. The van der Waals surface area contributed by atoms with Gasteiger partial charge >= 0.3 is 0 Å². The second-order valence-corrected chi connectivity index (χ2v) is 7.71. The number of hydrogen-bond acceptors (Lipinski definition) is 4. The summed E-state index contributed by atoms with van der Waals surface area (Å²) in [7, 11) is -4.04. The summed E-state index contributed by atoms with van der Waals surface area (Å²) in [5.74, 6) is -1.39. The van der Waals surface area contributed by atoms with Gasteiger partial charge in [-0.1, -0.05) is 18.0 Å². The van der Waals surface area contributed by atoms with Gasteiger partial charge in [-0.15, -0.1) is 12.4 Å². The smallest absolute Gasteiger partial charge is 0.246 e. The fourth-order valence-electron chi connectivity index (χ4n) is 2.66. The Bertz CT molecular complexity index is 715. The maximum Gasteiger partial charge on any atom is 0.246 e. The van der Waals surface area contributed by atoms with Crippen LogP contribution >= 0.6 is 24.0 Å². The normalized spacial score (nSPS) is 18.8. The average molecular weight is 400 g/mol. The van der Waals surface area contributed by atoms with E-state index in [2.05, 4.69) is 5.32 Å². The average Bonchev–Trinajstić information content (AvgIpc) is 2.49. The molecule has 1 aliphatic rings. The Kier molecular flexibility index (Phi) is 7.43. The van der Waals surface area contributed by atoms with Gasteiger partial charge in [0.1, 0.15) is 10.7 Å². The molecular formula is C14H20Cl2FN3O3S. The molecule has 0 aromatic heterocycles. The van der Waals surface area contributed by atoms with E-state index in [0.29, 0.717) is 19.4 Å². The van der Waals surface area contributed by atoms with Crippen LogP contribution in [0.3, 0.4) is 0 Å². The molecule has 0 aliphatic carbocycles. The van der Waals surface area contributed by atoms with Crippen molar-refractivity contribution in [1.82, 2.24) is 4.31 Å². The van der Waals surface area contributed by atoms with Gasteiger partial charge in [0, 0.05) is 32.1 Å². The van der Waals surface area contributed by atoms with Crippen molar-refractivity contribution in [3.8, 4) is 0 Å². The minimum atomic E-state index is -4.04. The number of halogens is 3. The largest absolute Gasteiger partial charge is 0.329 e. The van der Waals surface area contributed by atoms with E-state index in [1.54, 1.807) is 0 Å². The molecule has 1 saturated heterocycles. The van der Waals surface area contributed by atoms with E-state index in [1.807, 2.05) is 0 Å². The van der Waals surface area contributed by atoms with E-state index in [1.165, 1.54) is 11.2 Å². The van der Waals surface area contributed by atoms with Crippen molar-refractivity contribution in [1.29, 1.82) is 0 Å². The second-order valence-electron chi connectivity index (χ2n) is 5.44. The number of anilines is 1. The Morgan fingerprint density at radius 3 is 2.71 bits per heavy atom. The third kappa shape index (κ3) is 4.37. The molecule has 1 amide bonds. The standard InChI is InChI=1S/C14H19ClFN3O3S.ClH/c1-9(20)18-13-7-12(16)14(6-11(13)15)23(21,22)19-5-3-2-4-10(19)8-17;/h6-7,10H,2-5,8,17H2,1H3,(H,18,20);1H. The summed E-state index contributed by atoms with van der Waals surface area (Å²) < 4.78 is 41.0. The van der Waals surface area contributed by atoms with Crippen molar-refractivity contribution in [3.05, 3.63) is 23.0 Å². The highest BCUT2D eigenvalue weighted by Gasteiger charge is 2.35. The zero-order valence-electron chi connectivity index (χ0n) is 13.1. The van der Waals surface area contributed by atoms with E-state index in [0.717, 1.165) is 18.6 Å². The van der Waals surface area contributed by atoms with Crippen LogP contribution in [0.15, 0.2) is 17.0 Å². The van der Waals surface area contributed by atoms with Gasteiger partial charge in [-0.3, -0.25) is 4.79 Å². The van der Waals surface area contributed by atoms with Crippen LogP contribution in [-0.2, 0) is 14.8 Å². The number of rotatable bonds is 4. The molecule has 0 spiro atoms. The SMILES string of the molecule is CC(=O)Nc1cc(F)c(S(=O)(=O)N2CCCCC2CN)cc1Cl.Cl. The number of carbonyl (C=O) groups excluding carboxylic acids is 1. The number of benzene rings is 1. The molecular weight excluding hydrogens is 380 g/mol. The Balaban J connectivity index is 0.00000288. The number of carbonyl (C=O) groups is 1. The highest BCUT2D eigenvalue weighted by atomic mass is 35.5. The van der Waals surface area contributed by atoms with E-state index in [9.17, 15) is 17.6 Å². The van der Waals surface area contributed by atoms with Crippen molar-refractivity contribution < 1.29 is 17.6 Å². The Hall–Kier alpha value is -0.930. The molecule has 1 unspecified atom stereocenters. The molecule has 1 heterocycles. The molecule has 1 aromatic carbocycles. The summed E-state index contributed by atoms with van der Waals surface area (Å²) in [5, 5.41) is 2.31. The van der Waals surface area contributed by atoms with Gasteiger partial charge in [0.15, 0.2) is 0 Å². The van der Waals surface area contributed by atoms with Crippen molar-refractivity contribution in [2.45, 2.75) is 37.1 Å². The van der Waals surface area contributed by atoms with Crippen LogP contribution in [0.25, 0.3) is 0 Å². The molecule has 1 fully saturated rings. The Morgan fingerprint density at radius 2 is 2.12 bits per heavy atom. The molecule has 1 aliphatic heterocycles. The zero-order chi connectivity index (χ0) is 17.2. The molecule has 0 bridgehead atoms. The van der Waals surface area contributed by atoms with Gasteiger partial charge in [-0.05, 0) is 18.9 Å². The Morgan fingerprint density at radius 1 is 1.46 bits per heavy atom. The molecule has 1 aromatic rings. The summed E-state index contributed by atoms with van der Waals surface area (Å²) in [6, 6.07) is 1.60. The van der Waals surface area contributed by atoms with E-state index >= 15 is 0 Å². The first-order chi connectivity index (χ1) is 10.8. The van der Waals surface area contributed by atoms with Crippen molar-refractivity contribution in [2.75, 3.05) is 18.4 Å². The molecule has 6 nitrogen and oxygen atoms in total. The molecule has 136 valence electrons. The van der Waals surface area contributed by atoms with Gasteiger partial charge in [-0.25, -0.2) is 12.8 Å². The van der Waals surface area contributed by atoms with Gasteiger partial charge < -0.3 is 11.1 Å². The van der Waals surface area contributed by atoms with E-state index < -0.39 is 26.6 Å². The van der Waals surface area contributed by atoms with E-state index in [-0.39, 0.29) is 35.7 Å².